The lowest BCUT2D eigenvalue weighted by Crippen LogP contribution is -2.50. The Bertz CT molecular complexity index is 338. The fraction of sp³-hybridized carbons (Fsp3) is 0.857. The van der Waals surface area contributed by atoms with E-state index in [9.17, 15) is 9.59 Å². The summed E-state index contributed by atoms with van der Waals surface area (Å²) in [5.41, 5.74) is 11.3. The zero-order valence-electron chi connectivity index (χ0n) is 11.5. The van der Waals surface area contributed by atoms with E-state index in [4.69, 9.17) is 11.5 Å². The van der Waals surface area contributed by atoms with E-state index in [1.807, 2.05) is 0 Å². The molecule has 1 atom stereocenters. The van der Waals surface area contributed by atoms with Gasteiger partial charge in [-0.15, -0.1) is 0 Å². The van der Waals surface area contributed by atoms with E-state index in [1.54, 1.807) is 4.90 Å². The van der Waals surface area contributed by atoms with Crippen molar-refractivity contribution >= 4 is 11.8 Å². The van der Waals surface area contributed by atoms with Crippen molar-refractivity contribution in [3.63, 3.8) is 0 Å². The van der Waals surface area contributed by atoms with Gasteiger partial charge in [0.15, 0.2) is 0 Å². The van der Waals surface area contributed by atoms with E-state index >= 15 is 0 Å². The van der Waals surface area contributed by atoms with Gasteiger partial charge in [0.1, 0.15) is 6.04 Å². The molecular weight excluding hydrogens is 242 g/mol. The second-order valence-corrected chi connectivity index (χ2v) is 5.99. The minimum atomic E-state index is -0.382. The van der Waals surface area contributed by atoms with Gasteiger partial charge in [-0.3, -0.25) is 9.59 Å². The number of piperidine rings is 1. The van der Waals surface area contributed by atoms with Gasteiger partial charge in [-0.2, -0.15) is 0 Å². The van der Waals surface area contributed by atoms with Crippen LogP contribution >= 0.6 is 0 Å². The summed E-state index contributed by atoms with van der Waals surface area (Å²) in [6.07, 6.45) is 7.31. The fourth-order valence-electron chi connectivity index (χ4n) is 3.28. The number of hydrogen-bond acceptors (Lipinski definition) is 3. The second-order valence-electron chi connectivity index (χ2n) is 5.99. The van der Waals surface area contributed by atoms with Crippen molar-refractivity contribution in [2.75, 3.05) is 6.54 Å². The maximum absolute atomic E-state index is 12.3. The molecule has 5 heteroatoms. The van der Waals surface area contributed by atoms with Crippen LogP contribution in [0.1, 0.15) is 51.4 Å². The molecule has 2 fully saturated rings. The normalized spacial score (nSPS) is 32.1. The topological polar surface area (TPSA) is 89.4 Å². The minimum absolute atomic E-state index is 0.101. The van der Waals surface area contributed by atoms with Gasteiger partial charge in [0.05, 0.1) is 0 Å². The predicted octanol–water partition coefficient (Wildman–Crippen LogP) is 0.760. The summed E-state index contributed by atoms with van der Waals surface area (Å²) in [4.78, 5) is 25.5. The molecule has 1 saturated carbocycles. The lowest BCUT2D eigenvalue weighted by Gasteiger charge is -2.35. The average molecular weight is 267 g/mol. The highest BCUT2D eigenvalue weighted by atomic mass is 16.2. The zero-order chi connectivity index (χ0) is 13.8. The highest BCUT2D eigenvalue weighted by Gasteiger charge is 2.32. The van der Waals surface area contributed by atoms with Gasteiger partial charge in [-0.25, -0.2) is 0 Å². The summed E-state index contributed by atoms with van der Waals surface area (Å²) in [6.45, 7) is 0.679. The molecule has 0 aromatic heterocycles. The highest BCUT2D eigenvalue weighted by molar-refractivity contribution is 5.86. The largest absolute Gasteiger partial charge is 0.368 e. The number of hydrogen-bond donors (Lipinski definition) is 2. The van der Waals surface area contributed by atoms with E-state index in [-0.39, 0.29) is 17.9 Å². The molecule has 108 valence electrons. The van der Waals surface area contributed by atoms with Gasteiger partial charge in [-0.05, 0) is 50.9 Å². The molecule has 5 nitrogen and oxygen atoms in total. The maximum atomic E-state index is 12.3. The maximum Gasteiger partial charge on any atom is 0.240 e. The molecule has 0 spiro atoms. The molecule has 0 bridgehead atoms. The predicted molar refractivity (Wildman–Crippen MR) is 73.1 cm³/mol. The molecule has 2 amide bonds. The van der Waals surface area contributed by atoms with Crippen molar-refractivity contribution in [2.45, 2.75) is 63.5 Å². The third kappa shape index (κ3) is 3.69. The average Bonchev–Trinajstić information content (AvgIpc) is 2.41. The lowest BCUT2D eigenvalue weighted by molar-refractivity contribution is -0.142. The van der Waals surface area contributed by atoms with Crippen LogP contribution in [0.3, 0.4) is 0 Å². The summed E-state index contributed by atoms with van der Waals surface area (Å²) in [5, 5.41) is 0. The van der Waals surface area contributed by atoms with Crippen LogP contribution in [-0.2, 0) is 9.59 Å². The van der Waals surface area contributed by atoms with Crippen LogP contribution in [0.15, 0.2) is 0 Å². The van der Waals surface area contributed by atoms with Crippen molar-refractivity contribution in [2.24, 2.45) is 17.4 Å². The Hall–Kier alpha value is -1.10. The molecule has 4 N–H and O–H groups in total. The fourth-order valence-corrected chi connectivity index (χ4v) is 3.28. The molecular formula is C14H25N3O2. The number of primary amides is 1. The first-order chi connectivity index (χ1) is 9.08. The Balaban J connectivity index is 1.89. The highest BCUT2D eigenvalue weighted by Crippen LogP contribution is 2.28. The molecule has 19 heavy (non-hydrogen) atoms. The minimum Gasteiger partial charge on any atom is -0.368 e. The van der Waals surface area contributed by atoms with Gasteiger partial charge in [0.2, 0.25) is 11.8 Å². The summed E-state index contributed by atoms with van der Waals surface area (Å²) < 4.78 is 0. The number of nitrogens with zero attached hydrogens (tertiary/aromatic N) is 1. The van der Waals surface area contributed by atoms with Crippen LogP contribution in [0.5, 0.6) is 0 Å². The number of nitrogens with two attached hydrogens (primary N) is 2. The first kappa shape index (κ1) is 14.3. The Morgan fingerprint density at radius 2 is 1.74 bits per heavy atom. The van der Waals surface area contributed by atoms with Crippen molar-refractivity contribution in [1.82, 2.24) is 4.90 Å². The van der Waals surface area contributed by atoms with E-state index < -0.39 is 0 Å². The number of likely N-dealkylation sites (tertiary alicyclic amines) is 1. The van der Waals surface area contributed by atoms with Crippen LogP contribution in [-0.4, -0.2) is 35.3 Å². The smallest absolute Gasteiger partial charge is 0.240 e. The Morgan fingerprint density at radius 1 is 1.05 bits per heavy atom. The number of carbonyl (C=O) groups is 2. The molecule has 2 aliphatic rings. The van der Waals surface area contributed by atoms with Crippen molar-refractivity contribution in [3.8, 4) is 0 Å². The second kappa shape index (κ2) is 6.37. The summed E-state index contributed by atoms with van der Waals surface area (Å²) >= 11 is 0. The van der Waals surface area contributed by atoms with Crippen molar-refractivity contribution in [3.05, 3.63) is 0 Å². The molecule has 0 radical (unpaired) electrons. The van der Waals surface area contributed by atoms with Crippen molar-refractivity contribution < 1.29 is 9.59 Å². The Morgan fingerprint density at radius 3 is 2.37 bits per heavy atom. The first-order valence-electron chi connectivity index (χ1n) is 7.42. The van der Waals surface area contributed by atoms with Crippen molar-refractivity contribution in [1.29, 1.82) is 0 Å². The molecule has 1 aliphatic heterocycles. The molecule has 0 aromatic carbocycles. The lowest BCUT2D eigenvalue weighted by atomic mass is 9.84. The monoisotopic (exact) mass is 267 g/mol. The van der Waals surface area contributed by atoms with Crippen LogP contribution in [0.4, 0.5) is 0 Å². The van der Waals surface area contributed by atoms with Gasteiger partial charge in [0.25, 0.3) is 0 Å². The van der Waals surface area contributed by atoms with E-state index in [1.165, 1.54) is 0 Å². The van der Waals surface area contributed by atoms with Gasteiger partial charge in [0, 0.05) is 19.0 Å². The summed E-state index contributed by atoms with van der Waals surface area (Å²) in [5.74, 6) is 0.172. The number of carbonyl (C=O) groups excluding carboxylic acids is 2. The van der Waals surface area contributed by atoms with Crippen LogP contribution in [0, 0.1) is 5.92 Å². The molecule has 0 aromatic rings. The van der Waals surface area contributed by atoms with Gasteiger partial charge in [-0.1, -0.05) is 0 Å². The molecule has 2 rings (SSSR count). The van der Waals surface area contributed by atoms with E-state index in [2.05, 4.69) is 0 Å². The third-order valence-electron chi connectivity index (χ3n) is 4.51. The molecule has 1 aliphatic carbocycles. The molecule has 1 saturated heterocycles. The Kier molecular flexibility index (Phi) is 4.80. The van der Waals surface area contributed by atoms with Crippen LogP contribution < -0.4 is 11.5 Å². The van der Waals surface area contributed by atoms with E-state index in [0.29, 0.717) is 24.9 Å². The molecule has 1 unspecified atom stereocenters. The summed E-state index contributed by atoms with van der Waals surface area (Å²) in [7, 11) is 0. The number of amides is 2. The quantitative estimate of drug-likeness (QED) is 0.791. The van der Waals surface area contributed by atoms with Crippen LogP contribution in [0.2, 0.25) is 0 Å². The molecule has 1 heterocycles. The first-order valence-corrected chi connectivity index (χ1v) is 7.42. The standard InChI is InChI=1S/C14H25N3O2/c15-11-6-4-10(5-7-11)9-13(18)17-8-2-1-3-12(17)14(16)19/h10-12H,1-9,15H2,(H2,16,19). The van der Waals surface area contributed by atoms with Gasteiger partial charge < -0.3 is 16.4 Å². The zero-order valence-corrected chi connectivity index (χ0v) is 11.5. The Labute approximate surface area is 114 Å². The van der Waals surface area contributed by atoms with Gasteiger partial charge >= 0.3 is 0 Å². The van der Waals surface area contributed by atoms with Crippen LogP contribution in [0.25, 0.3) is 0 Å². The summed E-state index contributed by atoms with van der Waals surface area (Å²) in [6, 6.07) is -0.0770. The van der Waals surface area contributed by atoms with E-state index in [0.717, 1.165) is 44.9 Å². The SMILES string of the molecule is NC(=O)C1CCCCN1C(=O)CC1CCC(N)CC1. The number of rotatable bonds is 3. The third-order valence-corrected chi connectivity index (χ3v) is 4.51.